The third kappa shape index (κ3) is 4.74. The van der Waals surface area contributed by atoms with Gasteiger partial charge in [-0.25, -0.2) is 4.79 Å². The molecule has 4 rings (SSSR count). The molecule has 2 aromatic carbocycles. The SMILES string of the molecule is CCOc1ccc(-n2nnnc2CN2CCN(C(=O)Nc3ccccc3)CC2)cc1. The smallest absolute Gasteiger partial charge is 0.321 e. The second-order valence-corrected chi connectivity index (χ2v) is 6.99. The highest BCUT2D eigenvalue weighted by Gasteiger charge is 2.23. The van der Waals surface area contributed by atoms with Gasteiger partial charge in [0.05, 0.1) is 18.8 Å². The molecule has 0 aliphatic carbocycles. The average molecular weight is 407 g/mol. The van der Waals surface area contributed by atoms with Crippen molar-refractivity contribution in [3.05, 3.63) is 60.4 Å². The van der Waals surface area contributed by atoms with E-state index in [0.717, 1.165) is 36.0 Å². The van der Waals surface area contributed by atoms with Crippen molar-refractivity contribution < 1.29 is 9.53 Å². The van der Waals surface area contributed by atoms with E-state index < -0.39 is 0 Å². The van der Waals surface area contributed by atoms with Crippen LogP contribution in [0.3, 0.4) is 0 Å². The number of carbonyl (C=O) groups is 1. The Morgan fingerprint density at radius 1 is 1.03 bits per heavy atom. The Bertz CT molecular complexity index is 951. The topological polar surface area (TPSA) is 88.4 Å². The standard InChI is InChI=1S/C21H25N7O2/c1-2-30-19-10-8-18(9-11-19)28-20(23-24-25-28)16-26-12-14-27(15-13-26)21(29)22-17-6-4-3-5-7-17/h3-11H,2,12-16H2,1H3,(H,22,29). The van der Waals surface area contributed by atoms with Gasteiger partial charge in [0.1, 0.15) is 5.75 Å². The predicted octanol–water partition coefficient (Wildman–Crippen LogP) is 2.41. The maximum absolute atomic E-state index is 12.5. The molecule has 0 bridgehead atoms. The van der Waals surface area contributed by atoms with Gasteiger partial charge in [-0.2, -0.15) is 4.68 Å². The summed E-state index contributed by atoms with van der Waals surface area (Å²) in [5, 5.41) is 15.1. The molecule has 1 fully saturated rings. The van der Waals surface area contributed by atoms with Crippen molar-refractivity contribution in [3.8, 4) is 11.4 Å². The van der Waals surface area contributed by atoms with Crippen LogP contribution in [0.5, 0.6) is 5.75 Å². The maximum Gasteiger partial charge on any atom is 0.321 e. The summed E-state index contributed by atoms with van der Waals surface area (Å²) in [4.78, 5) is 16.5. The van der Waals surface area contributed by atoms with E-state index in [-0.39, 0.29) is 6.03 Å². The lowest BCUT2D eigenvalue weighted by molar-refractivity contribution is 0.140. The monoisotopic (exact) mass is 407 g/mol. The van der Waals surface area contributed by atoms with Crippen LogP contribution in [-0.4, -0.2) is 68.8 Å². The van der Waals surface area contributed by atoms with Crippen LogP contribution in [0.2, 0.25) is 0 Å². The molecule has 0 atom stereocenters. The number of tetrazole rings is 1. The fourth-order valence-corrected chi connectivity index (χ4v) is 3.39. The summed E-state index contributed by atoms with van der Waals surface area (Å²) in [6.07, 6.45) is 0. The number of rotatable bonds is 6. The van der Waals surface area contributed by atoms with Crippen LogP contribution in [-0.2, 0) is 6.54 Å². The van der Waals surface area contributed by atoms with Crippen molar-refractivity contribution in [1.29, 1.82) is 0 Å². The zero-order valence-corrected chi connectivity index (χ0v) is 16.9. The molecule has 0 spiro atoms. The highest BCUT2D eigenvalue weighted by Crippen LogP contribution is 2.16. The Hall–Kier alpha value is -3.46. The largest absolute Gasteiger partial charge is 0.494 e. The molecule has 0 unspecified atom stereocenters. The average Bonchev–Trinajstić information content (AvgIpc) is 3.24. The molecule has 1 N–H and O–H groups in total. The van der Waals surface area contributed by atoms with Gasteiger partial charge in [0, 0.05) is 31.9 Å². The summed E-state index contributed by atoms with van der Waals surface area (Å²) < 4.78 is 7.23. The molecule has 9 nitrogen and oxygen atoms in total. The first kappa shape index (κ1) is 19.8. The van der Waals surface area contributed by atoms with Gasteiger partial charge in [0.15, 0.2) is 5.82 Å². The molecule has 1 aliphatic rings. The molecule has 0 saturated carbocycles. The molecule has 1 saturated heterocycles. The molecule has 2 amide bonds. The minimum absolute atomic E-state index is 0.0694. The van der Waals surface area contributed by atoms with E-state index in [1.807, 2.05) is 66.4 Å². The van der Waals surface area contributed by atoms with Gasteiger partial charge >= 0.3 is 6.03 Å². The first-order valence-electron chi connectivity index (χ1n) is 10.1. The summed E-state index contributed by atoms with van der Waals surface area (Å²) in [6, 6.07) is 17.1. The first-order chi connectivity index (χ1) is 14.7. The number of carbonyl (C=O) groups excluding carboxylic acids is 1. The van der Waals surface area contributed by atoms with Gasteiger partial charge in [-0.3, -0.25) is 4.90 Å². The van der Waals surface area contributed by atoms with Crippen molar-refractivity contribution in [2.45, 2.75) is 13.5 Å². The van der Waals surface area contributed by atoms with Crippen LogP contribution in [0.15, 0.2) is 54.6 Å². The lowest BCUT2D eigenvalue weighted by atomic mass is 10.3. The molecule has 2 heterocycles. The highest BCUT2D eigenvalue weighted by atomic mass is 16.5. The van der Waals surface area contributed by atoms with Crippen LogP contribution in [0.4, 0.5) is 10.5 Å². The normalized spacial score (nSPS) is 14.5. The van der Waals surface area contributed by atoms with Crippen molar-refractivity contribution in [3.63, 3.8) is 0 Å². The van der Waals surface area contributed by atoms with E-state index in [1.165, 1.54) is 0 Å². The molecule has 30 heavy (non-hydrogen) atoms. The third-order valence-corrected chi connectivity index (χ3v) is 4.98. The summed E-state index contributed by atoms with van der Waals surface area (Å²) in [5.41, 5.74) is 1.69. The zero-order valence-electron chi connectivity index (χ0n) is 16.9. The Morgan fingerprint density at radius 3 is 2.47 bits per heavy atom. The van der Waals surface area contributed by atoms with Crippen LogP contribution in [0.25, 0.3) is 5.69 Å². The predicted molar refractivity (Wildman–Crippen MR) is 113 cm³/mol. The van der Waals surface area contributed by atoms with Crippen molar-refractivity contribution in [1.82, 2.24) is 30.0 Å². The van der Waals surface area contributed by atoms with E-state index in [1.54, 1.807) is 4.68 Å². The van der Waals surface area contributed by atoms with Gasteiger partial charge in [-0.15, -0.1) is 5.10 Å². The third-order valence-electron chi connectivity index (χ3n) is 4.98. The lowest BCUT2D eigenvalue weighted by Crippen LogP contribution is -2.49. The van der Waals surface area contributed by atoms with E-state index >= 15 is 0 Å². The Labute approximate surface area is 175 Å². The molecule has 1 aliphatic heterocycles. The number of para-hydroxylation sites is 1. The number of aromatic nitrogens is 4. The molecule has 156 valence electrons. The van der Waals surface area contributed by atoms with E-state index in [9.17, 15) is 4.79 Å². The number of amides is 2. The number of urea groups is 1. The molecule has 9 heteroatoms. The van der Waals surface area contributed by atoms with Gasteiger partial charge in [-0.1, -0.05) is 18.2 Å². The molecular weight excluding hydrogens is 382 g/mol. The summed E-state index contributed by atoms with van der Waals surface area (Å²) in [6.45, 7) is 6.04. The van der Waals surface area contributed by atoms with Gasteiger partial charge in [0.2, 0.25) is 0 Å². The second kappa shape index (κ2) is 9.36. The number of hydrogen-bond acceptors (Lipinski definition) is 6. The van der Waals surface area contributed by atoms with Crippen molar-refractivity contribution in [2.75, 3.05) is 38.1 Å². The Kier molecular flexibility index (Phi) is 6.19. The summed E-state index contributed by atoms with van der Waals surface area (Å²) in [7, 11) is 0. The fourth-order valence-electron chi connectivity index (χ4n) is 3.39. The molecule has 3 aromatic rings. The number of hydrogen-bond donors (Lipinski definition) is 1. The van der Waals surface area contributed by atoms with Crippen LogP contribution < -0.4 is 10.1 Å². The van der Waals surface area contributed by atoms with Crippen molar-refractivity contribution >= 4 is 11.7 Å². The van der Waals surface area contributed by atoms with Gasteiger partial charge in [0.25, 0.3) is 0 Å². The van der Waals surface area contributed by atoms with Gasteiger partial charge in [-0.05, 0) is 53.7 Å². The van der Waals surface area contributed by atoms with Crippen molar-refractivity contribution in [2.24, 2.45) is 0 Å². The number of nitrogens with one attached hydrogen (secondary N) is 1. The summed E-state index contributed by atoms with van der Waals surface area (Å²) >= 11 is 0. The number of anilines is 1. The zero-order chi connectivity index (χ0) is 20.8. The van der Waals surface area contributed by atoms with Crippen LogP contribution in [0, 0.1) is 0 Å². The minimum atomic E-state index is -0.0694. The number of nitrogens with zero attached hydrogens (tertiary/aromatic N) is 6. The quantitative estimate of drug-likeness (QED) is 0.675. The first-order valence-corrected chi connectivity index (χ1v) is 10.1. The second-order valence-electron chi connectivity index (χ2n) is 6.99. The van der Waals surface area contributed by atoms with E-state index in [4.69, 9.17) is 4.74 Å². The van der Waals surface area contributed by atoms with E-state index in [0.29, 0.717) is 26.2 Å². The minimum Gasteiger partial charge on any atom is -0.494 e. The number of benzene rings is 2. The fraction of sp³-hybridized carbons (Fsp3) is 0.333. The summed E-state index contributed by atoms with van der Waals surface area (Å²) in [5.74, 6) is 1.59. The Balaban J connectivity index is 1.32. The molecule has 0 radical (unpaired) electrons. The number of ether oxygens (including phenoxy) is 1. The maximum atomic E-state index is 12.5. The Morgan fingerprint density at radius 2 is 1.77 bits per heavy atom. The number of piperazine rings is 1. The van der Waals surface area contributed by atoms with E-state index in [2.05, 4.69) is 25.7 Å². The highest BCUT2D eigenvalue weighted by molar-refractivity contribution is 5.89. The van der Waals surface area contributed by atoms with Crippen LogP contribution in [0.1, 0.15) is 12.7 Å². The molecule has 1 aromatic heterocycles. The van der Waals surface area contributed by atoms with Crippen LogP contribution >= 0.6 is 0 Å². The molecular formula is C21H25N7O2. The van der Waals surface area contributed by atoms with Gasteiger partial charge < -0.3 is 15.0 Å². The lowest BCUT2D eigenvalue weighted by Gasteiger charge is -2.34.